The number of carbonyl (C=O) groups is 2. The molecule has 0 bridgehead atoms. The Kier molecular flexibility index (Phi) is 4.46. The second-order valence-corrected chi connectivity index (χ2v) is 5.83. The van der Waals surface area contributed by atoms with Gasteiger partial charge in [-0.15, -0.1) is 0 Å². The van der Waals surface area contributed by atoms with E-state index in [1.807, 2.05) is 18.2 Å². The van der Waals surface area contributed by atoms with E-state index < -0.39 is 6.04 Å². The van der Waals surface area contributed by atoms with Crippen LogP contribution in [0.3, 0.4) is 0 Å². The first-order chi connectivity index (χ1) is 11.1. The Hall–Kier alpha value is -2.56. The molecular formula is C18H20N2O3. The van der Waals surface area contributed by atoms with Crippen molar-refractivity contribution in [1.82, 2.24) is 10.6 Å². The minimum atomic E-state index is -0.606. The lowest BCUT2D eigenvalue weighted by molar-refractivity contribution is -0.122. The van der Waals surface area contributed by atoms with E-state index in [2.05, 4.69) is 10.6 Å². The zero-order valence-corrected chi connectivity index (χ0v) is 13.1. The lowest BCUT2D eigenvalue weighted by Crippen LogP contribution is -2.44. The zero-order chi connectivity index (χ0) is 16.2. The summed E-state index contributed by atoms with van der Waals surface area (Å²) in [6, 6.07) is 8.72. The maximum atomic E-state index is 12.3. The van der Waals surface area contributed by atoms with Crippen LogP contribution in [-0.2, 0) is 24.2 Å². The molecule has 0 saturated carbocycles. The number of aryl methyl sites for hydroxylation is 2. The summed E-state index contributed by atoms with van der Waals surface area (Å²) in [5.74, 6) is 0.215. The molecule has 1 aromatic carbocycles. The van der Waals surface area contributed by atoms with Gasteiger partial charge in [-0.05, 0) is 61.6 Å². The van der Waals surface area contributed by atoms with Crippen LogP contribution >= 0.6 is 0 Å². The monoisotopic (exact) mass is 312 g/mol. The van der Waals surface area contributed by atoms with Gasteiger partial charge in [0.25, 0.3) is 5.91 Å². The molecule has 0 radical (unpaired) electrons. The molecule has 2 aromatic rings. The van der Waals surface area contributed by atoms with Gasteiger partial charge < -0.3 is 15.1 Å². The van der Waals surface area contributed by atoms with Gasteiger partial charge >= 0.3 is 0 Å². The van der Waals surface area contributed by atoms with E-state index in [9.17, 15) is 9.59 Å². The lowest BCUT2D eigenvalue weighted by Gasteiger charge is -2.14. The molecule has 5 heteroatoms. The fraction of sp³-hybridized carbons (Fsp3) is 0.333. The Balaban J connectivity index is 1.55. The molecule has 23 heavy (non-hydrogen) atoms. The summed E-state index contributed by atoms with van der Waals surface area (Å²) in [6.07, 6.45) is 4.81. The number of hydrogen-bond acceptors (Lipinski definition) is 3. The van der Waals surface area contributed by atoms with Gasteiger partial charge in [0, 0.05) is 5.56 Å². The van der Waals surface area contributed by atoms with Crippen molar-refractivity contribution in [2.24, 2.45) is 0 Å². The number of amides is 2. The first kappa shape index (κ1) is 15.3. The number of nitrogens with one attached hydrogen (secondary N) is 2. The van der Waals surface area contributed by atoms with E-state index in [0.717, 1.165) is 19.3 Å². The van der Waals surface area contributed by atoms with Gasteiger partial charge in [0.15, 0.2) is 0 Å². The van der Waals surface area contributed by atoms with E-state index in [-0.39, 0.29) is 11.8 Å². The molecule has 0 saturated heterocycles. The van der Waals surface area contributed by atoms with Crippen LogP contribution in [0.4, 0.5) is 0 Å². The molecule has 3 rings (SSSR count). The van der Waals surface area contributed by atoms with Crippen molar-refractivity contribution in [2.45, 2.75) is 38.8 Å². The molecule has 0 fully saturated rings. The van der Waals surface area contributed by atoms with Gasteiger partial charge in [0.2, 0.25) is 5.91 Å². The second kappa shape index (κ2) is 6.69. The fourth-order valence-electron chi connectivity index (χ4n) is 2.80. The highest BCUT2D eigenvalue weighted by Crippen LogP contribution is 2.22. The van der Waals surface area contributed by atoms with Crippen molar-refractivity contribution in [1.29, 1.82) is 0 Å². The zero-order valence-electron chi connectivity index (χ0n) is 13.1. The SMILES string of the molecule is C[C@@H](NC(=O)c1ccc2c(c1)CCC2)C(=O)NCc1ccco1. The Morgan fingerprint density at radius 2 is 2.04 bits per heavy atom. The van der Waals surface area contributed by atoms with Crippen LogP contribution in [0.15, 0.2) is 41.0 Å². The average molecular weight is 312 g/mol. The average Bonchev–Trinajstić information content (AvgIpc) is 3.22. The van der Waals surface area contributed by atoms with Crippen LogP contribution in [0.25, 0.3) is 0 Å². The Bertz CT molecular complexity index is 707. The summed E-state index contributed by atoms with van der Waals surface area (Å²) in [6.45, 7) is 1.98. The number of rotatable bonds is 5. The first-order valence-corrected chi connectivity index (χ1v) is 7.86. The molecule has 1 aromatic heterocycles. The van der Waals surface area contributed by atoms with Crippen molar-refractivity contribution in [3.63, 3.8) is 0 Å². The van der Waals surface area contributed by atoms with Gasteiger partial charge in [0.1, 0.15) is 11.8 Å². The van der Waals surface area contributed by atoms with E-state index in [1.165, 1.54) is 11.1 Å². The third kappa shape index (κ3) is 3.62. The topological polar surface area (TPSA) is 71.3 Å². The number of hydrogen-bond donors (Lipinski definition) is 2. The maximum Gasteiger partial charge on any atom is 0.251 e. The molecule has 1 aliphatic carbocycles. The Morgan fingerprint density at radius 3 is 2.83 bits per heavy atom. The van der Waals surface area contributed by atoms with Gasteiger partial charge in [0.05, 0.1) is 12.8 Å². The molecule has 2 amide bonds. The molecule has 1 atom stereocenters. The highest BCUT2D eigenvalue weighted by molar-refractivity contribution is 5.97. The maximum absolute atomic E-state index is 12.3. The van der Waals surface area contributed by atoms with Crippen molar-refractivity contribution >= 4 is 11.8 Å². The minimum absolute atomic E-state index is 0.222. The number of carbonyl (C=O) groups excluding carboxylic acids is 2. The van der Waals surface area contributed by atoms with Crippen LogP contribution in [0, 0.1) is 0 Å². The quantitative estimate of drug-likeness (QED) is 0.889. The molecule has 0 unspecified atom stereocenters. The highest BCUT2D eigenvalue weighted by Gasteiger charge is 2.18. The normalized spacial score (nSPS) is 14.1. The molecule has 5 nitrogen and oxygen atoms in total. The number of fused-ring (bicyclic) bond motifs is 1. The van der Waals surface area contributed by atoms with Gasteiger partial charge in [-0.3, -0.25) is 9.59 Å². The Morgan fingerprint density at radius 1 is 1.22 bits per heavy atom. The summed E-state index contributed by atoms with van der Waals surface area (Å²) in [5, 5.41) is 5.47. The second-order valence-electron chi connectivity index (χ2n) is 5.83. The molecule has 0 spiro atoms. The summed E-state index contributed by atoms with van der Waals surface area (Å²) in [4.78, 5) is 24.3. The summed E-state index contributed by atoms with van der Waals surface area (Å²) in [5.41, 5.74) is 3.18. The largest absolute Gasteiger partial charge is 0.467 e. The smallest absolute Gasteiger partial charge is 0.251 e. The standard InChI is InChI=1S/C18H20N2O3/c1-12(17(21)19-11-16-6-3-9-23-16)20-18(22)15-8-7-13-4-2-5-14(13)10-15/h3,6-10,12H,2,4-5,11H2,1H3,(H,19,21)(H,20,22)/t12-/m1/s1. The van der Waals surface area contributed by atoms with Crippen LogP contribution in [0.5, 0.6) is 0 Å². The third-order valence-corrected chi connectivity index (χ3v) is 4.12. The fourth-order valence-corrected chi connectivity index (χ4v) is 2.80. The third-order valence-electron chi connectivity index (χ3n) is 4.12. The van der Waals surface area contributed by atoms with Crippen molar-refractivity contribution < 1.29 is 14.0 Å². The van der Waals surface area contributed by atoms with Gasteiger partial charge in [-0.2, -0.15) is 0 Å². The van der Waals surface area contributed by atoms with E-state index in [4.69, 9.17) is 4.42 Å². The van der Waals surface area contributed by atoms with Crippen LogP contribution < -0.4 is 10.6 Å². The van der Waals surface area contributed by atoms with Crippen LogP contribution in [0.2, 0.25) is 0 Å². The first-order valence-electron chi connectivity index (χ1n) is 7.86. The van der Waals surface area contributed by atoms with Gasteiger partial charge in [-0.25, -0.2) is 0 Å². The lowest BCUT2D eigenvalue weighted by atomic mass is 10.1. The van der Waals surface area contributed by atoms with Crippen LogP contribution in [0.1, 0.15) is 40.6 Å². The molecular weight excluding hydrogens is 292 g/mol. The molecule has 0 aliphatic heterocycles. The minimum Gasteiger partial charge on any atom is -0.467 e. The summed E-state index contributed by atoms with van der Waals surface area (Å²) < 4.78 is 5.15. The molecule has 1 heterocycles. The van der Waals surface area contributed by atoms with E-state index in [1.54, 1.807) is 25.3 Å². The van der Waals surface area contributed by atoms with Crippen molar-refractivity contribution in [2.75, 3.05) is 0 Å². The van der Waals surface area contributed by atoms with Crippen LogP contribution in [-0.4, -0.2) is 17.9 Å². The number of furan rings is 1. The molecule has 2 N–H and O–H groups in total. The van der Waals surface area contributed by atoms with Gasteiger partial charge in [-0.1, -0.05) is 6.07 Å². The van der Waals surface area contributed by atoms with Crippen molar-refractivity contribution in [3.8, 4) is 0 Å². The molecule has 1 aliphatic rings. The summed E-state index contributed by atoms with van der Waals surface area (Å²) in [7, 11) is 0. The molecule has 120 valence electrons. The number of benzene rings is 1. The van der Waals surface area contributed by atoms with Crippen molar-refractivity contribution in [3.05, 3.63) is 59.0 Å². The Labute approximate surface area is 135 Å². The predicted octanol–water partition coefficient (Wildman–Crippen LogP) is 2.20. The van der Waals surface area contributed by atoms with E-state index >= 15 is 0 Å². The van der Waals surface area contributed by atoms with E-state index in [0.29, 0.717) is 17.9 Å². The predicted molar refractivity (Wildman–Crippen MR) is 85.9 cm³/mol. The highest BCUT2D eigenvalue weighted by atomic mass is 16.3. The summed E-state index contributed by atoms with van der Waals surface area (Å²) >= 11 is 0.